The summed E-state index contributed by atoms with van der Waals surface area (Å²) in [5.41, 5.74) is 6.25. The smallest absolute Gasteiger partial charge is 0.00793 e. The molecule has 2 rings (SSSR count). The van der Waals surface area contributed by atoms with Gasteiger partial charge in [0.05, 0.1) is 0 Å². The van der Waals surface area contributed by atoms with Crippen LogP contribution in [-0.2, 0) is 0 Å². The lowest BCUT2D eigenvalue weighted by molar-refractivity contribution is 0.0896. The first kappa shape index (κ1) is 12.4. The average Bonchev–Trinajstić information content (AvgIpc) is 2.27. The summed E-state index contributed by atoms with van der Waals surface area (Å²) in [6, 6.07) is 1.25. The molecule has 2 heteroatoms. The zero-order valence-corrected chi connectivity index (χ0v) is 11.0. The van der Waals surface area contributed by atoms with Crippen LogP contribution in [0, 0.1) is 11.8 Å². The Morgan fingerprint density at radius 1 is 1.06 bits per heavy atom. The summed E-state index contributed by atoms with van der Waals surface area (Å²) in [5.74, 6) is 1.65. The van der Waals surface area contributed by atoms with E-state index in [0.29, 0.717) is 6.04 Å². The van der Waals surface area contributed by atoms with Crippen molar-refractivity contribution >= 4 is 0 Å². The van der Waals surface area contributed by atoms with Gasteiger partial charge in [-0.1, -0.05) is 19.8 Å². The summed E-state index contributed by atoms with van der Waals surface area (Å²) in [7, 11) is 0. The summed E-state index contributed by atoms with van der Waals surface area (Å²) in [5, 5.41) is 0. The molecule has 1 heterocycles. The van der Waals surface area contributed by atoms with E-state index >= 15 is 0 Å². The number of piperidine rings is 1. The van der Waals surface area contributed by atoms with Crippen LogP contribution in [0.5, 0.6) is 0 Å². The van der Waals surface area contributed by atoms with E-state index in [1.165, 1.54) is 51.6 Å². The molecule has 94 valence electrons. The fourth-order valence-electron chi connectivity index (χ4n) is 3.40. The summed E-state index contributed by atoms with van der Waals surface area (Å²) < 4.78 is 0. The molecule has 1 aliphatic heterocycles. The van der Waals surface area contributed by atoms with E-state index < -0.39 is 0 Å². The second kappa shape index (κ2) is 5.50. The molecule has 0 aromatic heterocycles. The van der Waals surface area contributed by atoms with Crippen LogP contribution in [0.3, 0.4) is 0 Å². The van der Waals surface area contributed by atoms with Gasteiger partial charge < -0.3 is 10.6 Å². The molecule has 0 bridgehead atoms. The van der Waals surface area contributed by atoms with Gasteiger partial charge >= 0.3 is 0 Å². The Bertz CT molecular complexity index is 217. The molecule has 0 aromatic carbocycles. The van der Waals surface area contributed by atoms with Gasteiger partial charge in [0, 0.05) is 25.2 Å². The van der Waals surface area contributed by atoms with Crippen LogP contribution in [0.15, 0.2) is 0 Å². The Morgan fingerprint density at radius 2 is 1.81 bits per heavy atom. The molecule has 4 atom stereocenters. The third-order valence-corrected chi connectivity index (χ3v) is 4.68. The molecule has 2 nitrogen and oxygen atoms in total. The predicted molar refractivity (Wildman–Crippen MR) is 69.4 cm³/mol. The molecular formula is C14H28N2. The van der Waals surface area contributed by atoms with Crippen LogP contribution in [-0.4, -0.2) is 30.1 Å². The number of hydrogen-bond acceptors (Lipinski definition) is 2. The molecule has 2 aliphatic rings. The highest BCUT2D eigenvalue weighted by Gasteiger charge is 2.28. The number of nitrogens with two attached hydrogens (primary N) is 1. The van der Waals surface area contributed by atoms with Crippen molar-refractivity contribution in [1.82, 2.24) is 4.90 Å². The monoisotopic (exact) mass is 224 g/mol. The molecule has 2 N–H and O–H groups in total. The number of hydrogen-bond donors (Lipinski definition) is 1. The van der Waals surface area contributed by atoms with Gasteiger partial charge in [-0.25, -0.2) is 0 Å². The van der Waals surface area contributed by atoms with E-state index in [4.69, 9.17) is 5.73 Å². The lowest BCUT2D eigenvalue weighted by atomic mass is 9.83. The number of nitrogens with zero attached hydrogens (tertiary/aromatic N) is 1. The largest absolute Gasteiger partial charge is 0.327 e. The van der Waals surface area contributed by atoms with Crippen LogP contribution in [0.25, 0.3) is 0 Å². The zero-order valence-electron chi connectivity index (χ0n) is 11.0. The van der Waals surface area contributed by atoms with Crippen LogP contribution in [0.1, 0.15) is 52.4 Å². The Morgan fingerprint density at radius 3 is 2.56 bits per heavy atom. The Labute approximate surface area is 101 Å². The van der Waals surface area contributed by atoms with Crippen molar-refractivity contribution in [3.05, 3.63) is 0 Å². The van der Waals surface area contributed by atoms with Crippen LogP contribution in [0.4, 0.5) is 0 Å². The molecule has 0 aromatic rings. The van der Waals surface area contributed by atoms with Gasteiger partial charge in [0.15, 0.2) is 0 Å². The fourth-order valence-corrected chi connectivity index (χ4v) is 3.40. The summed E-state index contributed by atoms with van der Waals surface area (Å²) >= 11 is 0. The minimum atomic E-state index is 0.471. The van der Waals surface area contributed by atoms with Gasteiger partial charge in [0.1, 0.15) is 0 Å². The lowest BCUT2D eigenvalue weighted by Crippen LogP contribution is -2.47. The Kier molecular flexibility index (Phi) is 4.26. The van der Waals surface area contributed by atoms with E-state index in [1.807, 2.05) is 0 Å². The fraction of sp³-hybridized carbons (Fsp3) is 1.00. The topological polar surface area (TPSA) is 29.3 Å². The molecule has 1 aliphatic carbocycles. The molecular weight excluding hydrogens is 196 g/mol. The molecule has 16 heavy (non-hydrogen) atoms. The van der Waals surface area contributed by atoms with E-state index in [2.05, 4.69) is 18.7 Å². The summed E-state index contributed by atoms with van der Waals surface area (Å²) in [4.78, 5) is 2.70. The third kappa shape index (κ3) is 2.98. The first-order chi connectivity index (χ1) is 7.66. The van der Waals surface area contributed by atoms with Crippen molar-refractivity contribution < 1.29 is 0 Å². The van der Waals surface area contributed by atoms with Crippen LogP contribution in [0.2, 0.25) is 0 Å². The van der Waals surface area contributed by atoms with E-state index in [-0.39, 0.29) is 0 Å². The quantitative estimate of drug-likeness (QED) is 0.781. The molecule has 1 saturated carbocycles. The van der Waals surface area contributed by atoms with E-state index in [1.54, 1.807) is 0 Å². The first-order valence-corrected chi connectivity index (χ1v) is 7.16. The molecule has 2 fully saturated rings. The van der Waals surface area contributed by atoms with Crippen molar-refractivity contribution in [2.45, 2.75) is 64.5 Å². The highest BCUT2D eigenvalue weighted by atomic mass is 15.2. The third-order valence-electron chi connectivity index (χ3n) is 4.68. The second-order valence-electron chi connectivity index (χ2n) is 6.19. The maximum absolute atomic E-state index is 6.25. The first-order valence-electron chi connectivity index (χ1n) is 7.16. The Hall–Kier alpha value is -0.0800. The van der Waals surface area contributed by atoms with Crippen molar-refractivity contribution in [2.75, 3.05) is 13.1 Å². The predicted octanol–water partition coefficient (Wildman–Crippen LogP) is 2.62. The van der Waals surface area contributed by atoms with Gasteiger partial charge in [0.25, 0.3) is 0 Å². The van der Waals surface area contributed by atoms with Gasteiger partial charge in [-0.05, 0) is 44.4 Å². The zero-order chi connectivity index (χ0) is 11.5. The van der Waals surface area contributed by atoms with Gasteiger partial charge in [-0.3, -0.25) is 0 Å². The standard InChI is InChI=1S/C14H28N2/c1-11-7-8-12(2)16(9-11)10-13-5-3-4-6-14(13)15/h11-14H,3-10,15H2,1-2H3. The van der Waals surface area contributed by atoms with Crippen LogP contribution >= 0.6 is 0 Å². The second-order valence-corrected chi connectivity index (χ2v) is 6.19. The normalized spacial score (nSPS) is 42.2. The molecule has 4 unspecified atom stereocenters. The van der Waals surface area contributed by atoms with Gasteiger partial charge in [-0.15, -0.1) is 0 Å². The number of likely N-dealkylation sites (tertiary alicyclic amines) is 1. The Balaban J connectivity index is 1.86. The van der Waals surface area contributed by atoms with Crippen molar-refractivity contribution in [2.24, 2.45) is 17.6 Å². The van der Waals surface area contributed by atoms with E-state index in [9.17, 15) is 0 Å². The highest BCUT2D eigenvalue weighted by Crippen LogP contribution is 2.27. The SMILES string of the molecule is CC1CCC(C)N(CC2CCCCC2N)C1. The molecule has 0 amide bonds. The van der Waals surface area contributed by atoms with Crippen LogP contribution < -0.4 is 5.73 Å². The molecule has 1 saturated heterocycles. The maximum atomic E-state index is 6.25. The molecule has 0 spiro atoms. The summed E-state index contributed by atoms with van der Waals surface area (Å²) in [6.07, 6.45) is 8.15. The van der Waals surface area contributed by atoms with Gasteiger partial charge in [-0.2, -0.15) is 0 Å². The molecule has 0 radical (unpaired) electrons. The van der Waals surface area contributed by atoms with Crippen molar-refractivity contribution in [3.8, 4) is 0 Å². The number of rotatable bonds is 2. The minimum absolute atomic E-state index is 0.471. The minimum Gasteiger partial charge on any atom is -0.327 e. The summed E-state index contributed by atoms with van der Waals surface area (Å²) in [6.45, 7) is 7.33. The van der Waals surface area contributed by atoms with Crippen molar-refractivity contribution in [3.63, 3.8) is 0 Å². The lowest BCUT2D eigenvalue weighted by Gasteiger charge is -2.41. The maximum Gasteiger partial charge on any atom is 0.00793 e. The van der Waals surface area contributed by atoms with Crippen molar-refractivity contribution in [1.29, 1.82) is 0 Å². The average molecular weight is 224 g/mol. The van der Waals surface area contributed by atoms with E-state index in [0.717, 1.165) is 17.9 Å². The highest BCUT2D eigenvalue weighted by molar-refractivity contribution is 4.84. The van der Waals surface area contributed by atoms with Gasteiger partial charge in [0.2, 0.25) is 0 Å².